The van der Waals surface area contributed by atoms with Crippen LogP contribution in [-0.4, -0.2) is 34.2 Å². The van der Waals surface area contributed by atoms with Gasteiger partial charge in [-0.1, -0.05) is 12.1 Å². The Balaban J connectivity index is 1.66. The minimum absolute atomic E-state index is 0.00976. The van der Waals surface area contributed by atoms with Crippen LogP contribution in [-0.2, 0) is 17.6 Å². The van der Waals surface area contributed by atoms with Crippen LogP contribution in [0.4, 0.5) is 0 Å². The van der Waals surface area contributed by atoms with Crippen LogP contribution in [0.2, 0.25) is 0 Å². The topological polar surface area (TPSA) is 99.9 Å². The first-order valence-corrected chi connectivity index (χ1v) is 8.21. The fourth-order valence-corrected chi connectivity index (χ4v) is 2.47. The summed E-state index contributed by atoms with van der Waals surface area (Å²) in [6.07, 6.45) is 2.62. The summed E-state index contributed by atoms with van der Waals surface area (Å²) in [5, 5.41) is 8.91. The second-order valence-corrected chi connectivity index (χ2v) is 5.61. The normalized spacial score (nSPS) is 10.6. The number of rotatable bonds is 9. The van der Waals surface area contributed by atoms with Crippen molar-refractivity contribution >= 4 is 5.91 Å². The highest BCUT2D eigenvalue weighted by Gasteiger charge is 2.05. The highest BCUT2D eigenvalue weighted by atomic mass is 16.5. The van der Waals surface area contributed by atoms with E-state index >= 15 is 0 Å². The maximum absolute atomic E-state index is 11.8. The van der Waals surface area contributed by atoms with Crippen molar-refractivity contribution in [2.24, 2.45) is 0 Å². The zero-order valence-electron chi connectivity index (χ0n) is 14.1. The number of benzene rings is 1. The van der Waals surface area contributed by atoms with Crippen LogP contribution in [0, 0.1) is 6.92 Å². The van der Waals surface area contributed by atoms with Crippen molar-refractivity contribution in [3.8, 4) is 5.75 Å². The van der Waals surface area contributed by atoms with Crippen molar-refractivity contribution in [1.82, 2.24) is 20.5 Å². The molecule has 0 aliphatic heterocycles. The van der Waals surface area contributed by atoms with Gasteiger partial charge >= 0.3 is 5.69 Å². The van der Waals surface area contributed by atoms with Crippen LogP contribution in [0.5, 0.6) is 5.75 Å². The van der Waals surface area contributed by atoms with Crippen LogP contribution >= 0.6 is 0 Å². The summed E-state index contributed by atoms with van der Waals surface area (Å²) in [6.45, 7) is 5.12. The van der Waals surface area contributed by atoms with Crippen LogP contribution in [0.1, 0.15) is 36.7 Å². The first kappa shape index (κ1) is 17.8. The molecule has 7 nitrogen and oxygen atoms in total. The Morgan fingerprint density at radius 3 is 2.83 bits per heavy atom. The molecular formula is C17H24N4O3. The van der Waals surface area contributed by atoms with Gasteiger partial charge in [-0.05, 0) is 43.9 Å². The van der Waals surface area contributed by atoms with E-state index in [-0.39, 0.29) is 11.6 Å². The molecule has 1 aromatic carbocycles. The molecular weight excluding hydrogens is 308 g/mol. The molecule has 2 aromatic rings. The first-order chi connectivity index (χ1) is 11.6. The summed E-state index contributed by atoms with van der Waals surface area (Å²) in [5.74, 6) is 1.47. The Hall–Kier alpha value is -2.57. The lowest BCUT2D eigenvalue weighted by Crippen LogP contribution is -2.25. The number of amides is 1. The van der Waals surface area contributed by atoms with Crippen molar-refractivity contribution in [1.29, 1.82) is 0 Å². The average molecular weight is 332 g/mol. The van der Waals surface area contributed by atoms with Gasteiger partial charge in [-0.2, -0.15) is 5.10 Å². The number of hydrogen-bond acceptors (Lipinski definition) is 4. The van der Waals surface area contributed by atoms with Crippen LogP contribution in [0.15, 0.2) is 23.0 Å². The Kier molecular flexibility index (Phi) is 6.60. The van der Waals surface area contributed by atoms with Gasteiger partial charge in [0.25, 0.3) is 0 Å². The molecule has 24 heavy (non-hydrogen) atoms. The van der Waals surface area contributed by atoms with Crippen molar-refractivity contribution in [2.75, 3.05) is 13.2 Å². The Morgan fingerprint density at radius 2 is 2.17 bits per heavy atom. The number of carbonyl (C=O) groups excluding carboxylic acids is 1. The summed E-state index contributed by atoms with van der Waals surface area (Å²) < 4.78 is 5.52. The lowest BCUT2D eigenvalue weighted by Gasteiger charge is -2.09. The average Bonchev–Trinajstić information content (AvgIpc) is 2.95. The number of nitrogens with one attached hydrogen (secondary N) is 3. The van der Waals surface area contributed by atoms with Gasteiger partial charge in [-0.3, -0.25) is 9.78 Å². The molecule has 2 rings (SSSR count). The lowest BCUT2D eigenvalue weighted by atomic mass is 10.0. The monoisotopic (exact) mass is 332 g/mol. The maximum atomic E-state index is 11.8. The second-order valence-electron chi connectivity index (χ2n) is 5.61. The number of aromatic amines is 2. The third-order valence-electron chi connectivity index (χ3n) is 3.64. The zero-order chi connectivity index (χ0) is 17.4. The fraction of sp³-hybridized carbons (Fsp3) is 0.471. The van der Waals surface area contributed by atoms with Gasteiger partial charge in [0.15, 0.2) is 0 Å². The van der Waals surface area contributed by atoms with Gasteiger partial charge in [0.1, 0.15) is 11.6 Å². The van der Waals surface area contributed by atoms with E-state index in [0.29, 0.717) is 31.8 Å². The summed E-state index contributed by atoms with van der Waals surface area (Å²) >= 11 is 0. The summed E-state index contributed by atoms with van der Waals surface area (Å²) in [4.78, 5) is 25.2. The first-order valence-electron chi connectivity index (χ1n) is 8.21. The number of ether oxygens (including phenoxy) is 1. The summed E-state index contributed by atoms with van der Waals surface area (Å²) in [7, 11) is 0. The molecule has 1 heterocycles. The minimum Gasteiger partial charge on any atom is -0.494 e. The highest BCUT2D eigenvalue weighted by Crippen LogP contribution is 2.20. The molecule has 0 aliphatic rings. The van der Waals surface area contributed by atoms with E-state index in [1.807, 2.05) is 26.0 Å². The Morgan fingerprint density at radius 1 is 1.33 bits per heavy atom. The quantitative estimate of drug-likeness (QED) is 0.647. The molecule has 130 valence electrons. The predicted molar refractivity (Wildman–Crippen MR) is 91.2 cm³/mol. The number of carbonyl (C=O) groups is 1. The van der Waals surface area contributed by atoms with Gasteiger partial charge in [0.2, 0.25) is 5.91 Å². The van der Waals surface area contributed by atoms with Crippen LogP contribution < -0.4 is 15.7 Å². The number of nitrogens with zero attached hydrogens (tertiary/aromatic N) is 1. The fourth-order valence-electron chi connectivity index (χ4n) is 2.47. The lowest BCUT2D eigenvalue weighted by molar-refractivity contribution is -0.121. The molecule has 0 spiro atoms. The number of hydrogen-bond donors (Lipinski definition) is 3. The molecule has 3 N–H and O–H groups in total. The van der Waals surface area contributed by atoms with Gasteiger partial charge in [0.05, 0.1) is 6.61 Å². The molecule has 0 unspecified atom stereocenters. The molecule has 0 atom stereocenters. The summed E-state index contributed by atoms with van der Waals surface area (Å²) in [5.41, 5.74) is 1.99. The minimum atomic E-state index is -0.332. The van der Waals surface area contributed by atoms with E-state index in [1.54, 1.807) is 0 Å². The Bertz CT molecular complexity index is 721. The molecule has 0 saturated heterocycles. The SMILES string of the molecule is CCOc1ccc(CCCC(=O)NCCc2n[nH]c(=O)[nH]2)cc1C. The zero-order valence-corrected chi connectivity index (χ0v) is 14.1. The highest BCUT2D eigenvalue weighted by molar-refractivity contribution is 5.75. The maximum Gasteiger partial charge on any atom is 0.340 e. The molecule has 0 saturated carbocycles. The van der Waals surface area contributed by atoms with Crippen molar-refractivity contribution in [2.45, 2.75) is 39.5 Å². The Labute approximate surface area is 140 Å². The predicted octanol–water partition coefficient (Wildman–Crippen LogP) is 1.49. The van der Waals surface area contributed by atoms with E-state index in [9.17, 15) is 9.59 Å². The molecule has 0 fully saturated rings. The van der Waals surface area contributed by atoms with Crippen molar-refractivity contribution in [3.05, 3.63) is 45.6 Å². The molecule has 0 bridgehead atoms. The molecule has 7 heteroatoms. The van der Waals surface area contributed by atoms with Gasteiger partial charge in [-0.15, -0.1) is 0 Å². The van der Waals surface area contributed by atoms with Crippen LogP contribution in [0.25, 0.3) is 0 Å². The third kappa shape index (κ3) is 5.57. The third-order valence-corrected chi connectivity index (χ3v) is 3.64. The largest absolute Gasteiger partial charge is 0.494 e. The number of H-pyrrole nitrogens is 2. The van der Waals surface area contributed by atoms with E-state index in [2.05, 4.69) is 26.6 Å². The van der Waals surface area contributed by atoms with Crippen molar-refractivity contribution < 1.29 is 9.53 Å². The number of aryl methyl sites for hydroxylation is 2. The molecule has 1 aromatic heterocycles. The smallest absolute Gasteiger partial charge is 0.340 e. The molecule has 1 amide bonds. The van der Waals surface area contributed by atoms with Gasteiger partial charge in [-0.25, -0.2) is 9.89 Å². The van der Waals surface area contributed by atoms with Gasteiger partial charge < -0.3 is 10.1 Å². The van der Waals surface area contributed by atoms with Crippen molar-refractivity contribution in [3.63, 3.8) is 0 Å². The van der Waals surface area contributed by atoms with E-state index in [1.165, 1.54) is 5.56 Å². The number of aromatic nitrogens is 3. The van der Waals surface area contributed by atoms with E-state index < -0.39 is 0 Å². The van der Waals surface area contributed by atoms with Crippen LogP contribution in [0.3, 0.4) is 0 Å². The molecule has 0 radical (unpaired) electrons. The molecule has 0 aliphatic carbocycles. The van der Waals surface area contributed by atoms with E-state index in [4.69, 9.17) is 4.74 Å². The van der Waals surface area contributed by atoms with E-state index in [0.717, 1.165) is 24.2 Å². The second kappa shape index (κ2) is 8.90. The standard InChI is InChI=1S/C17H24N4O3/c1-3-24-14-8-7-13(11-12(14)2)5-4-6-16(22)18-10-9-15-19-17(23)21-20-15/h7-8,11H,3-6,9-10H2,1-2H3,(H,18,22)(H2,19,20,21,23). The summed E-state index contributed by atoms with van der Waals surface area (Å²) in [6, 6.07) is 6.14. The van der Waals surface area contributed by atoms with Gasteiger partial charge in [0, 0.05) is 19.4 Å².